The quantitative estimate of drug-likeness (QED) is 0.758. The lowest BCUT2D eigenvalue weighted by atomic mass is 10.0. The van der Waals surface area contributed by atoms with E-state index < -0.39 is 17.9 Å². The third-order valence-electron chi connectivity index (χ3n) is 4.34. The molecule has 0 saturated carbocycles. The highest BCUT2D eigenvalue weighted by atomic mass is 16.5. The van der Waals surface area contributed by atoms with Crippen LogP contribution in [0.4, 0.5) is 0 Å². The van der Waals surface area contributed by atoms with Crippen molar-refractivity contribution in [3.8, 4) is 16.9 Å². The van der Waals surface area contributed by atoms with Crippen molar-refractivity contribution in [1.29, 1.82) is 0 Å². The molecule has 0 aromatic heterocycles. The number of benzene rings is 2. The number of rotatable bonds is 6. The van der Waals surface area contributed by atoms with Gasteiger partial charge in [0.2, 0.25) is 5.91 Å². The molecule has 2 amide bonds. The van der Waals surface area contributed by atoms with Crippen LogP contribution in [-0.2, 0) is 9.53 Å². The van der Waals surface area contributed by atoms with Gasteiger partial charge < -0.3 is 20.5 Å². The van der Waals surface area contributed by atoms with Gasteiger partial charge in [0.25, 0.3) is 5.91 Å². The predicted octanol–water partition coefficient (Wildman–Crippen LogP) is 2.18. The summed E-state index contributed by atoms with van der Waals surface area (Å²) in [5, 5.41) is 10.2. The molecule has 7 heteroatoms. The van der Waals surface area contributed by atoms with Gasteiger partial charge in [-0.3, -0.25) is 9.59 Å². The molecule has 0 heterocycles. The Morgan fingerprint density at radius 1 is 1.11 bits per heavy atom. The molecule has 2 aromatic carbocycles. The number of methoxy groups -OCH3 is 1. The second-order valence-corrected chi connectivity index (χ2v) is 5.97. The van der Waals surface area contributed by atoms with Gasteiger partial charge in [0, 0.05) is 17.7 Å². The molecule has 1 atom stereocenters. The van der Waals surface area contributed by atoms with Crippen LogP contribution in [0.15, 0.2) is 42.5 Å². The Kier molecular flexibility index (Phi) is 6.18. The van der Waals surface area contributed by atoms with Crippen LogP contribution in [-0.4, -0.2) is 47.5 Å². The van der Waals surface area contributed by atoms with Gasteiger partial charge >= 0.3 is 5.97 Å². The number of likely N-dealkylation sites (N-methyl/N-ethyl adjacent to an activating group) is 1. The average molecular weight is 370 g/mol. The lowest BCUT2D eigenvalue weighted by Crippen LogP contribution is -2.46. The van der Waals surface area contributed by atoms with Gasteiger partial charge in [0.1, 0.15) is 11.8 Å². The number of hydrogen-bond donors (Lipinski definition) is 2. The number of esters is 1. The molecule has 2 aromatic rings. The Balaban J connectivity index is 2.28. The number of amides is 2. The predicted molar refractivity (Wildman–Crippen MR) is 100 cm³/mol. The van der Waals surface area contributed by atoms with Gasteiger partial charge in [0.05, 0.1) is 12.7 Å². The Morgan fingerprint density at radius 3 is 2.19 bits per heavy atom. The van der Waals surface area contributed by atoms with Crippen LogP contribution >= 0.6 is 0 Å². The maximum Gasteiger partial charge on any atom is 0.337 e. The topological polar surface area (TPSA) is 110 Å². The fourth-order valence-electron chi connectivity index (χ4n) is 2.73. The van der Waals surface area contributed by atoms with E-state index in [2.05, 4.69) is 4.74 Å². The lowest BCUT2D eigenvalue weighted by Gasteiger charge is -2.25. The first-order valence-corrected chi connectivity index (χ1v) is 8.42. The van der Waals surface area contributed by atoms with Crippen LogP contribution in [0.25, 0.3) is 11.1 Å². The van der Waals surface area contributed by atoms with Gasteiger partial charge in [-0.1, -0.05) is 12.1 Å². The monoisotopic (exact) mass is 370 g/mol. The number of carbonyl (C=O) groups is 3. The minimum absolute atomic E-state index is 0.0745. The van der Waals surface area contributed by atoms with Crippen LogP contribution in [0.3, 0.4) is 0 Å². The van der Waals surface area contributed by atoms with E-state index in [1.54, 1.807) is 50.2 Å². The van der Waals surface area contributed by atoms with E-state index >= 15 is 0 Å². The molecule has 7 nitrogen and oxygen atoms in total. The number of ether oxygens (including phenoxy) is 1. The molecule has 0 aliphatic rings. The summed E-state index contributed by atoms with van der Waals surface area (Å²) < 4.78 is 4.62. The van der Waals surface area contributed by atoms with Crippen LogP contribution in [0, 0.1) is 0 Å². The lowest BCUT2D eigenvalue weighted by molar-refractivity contribution is -0.121. The number of nitrogens with two attached hydrogens (primary N) is 1. The number of carbonyl (C=O) groups excluding carboxylic acids is 3. The zero-order valence-corrected chi connectivity index (χ0v) is 15.4. The maximum absolute atomic E-state index is 12.6. The summed E-state index contributed by atoms with van der Waals surface area (Å²) in [6.45, 7) is 3.70. The molecule has 142 valence electrons. The molecule has 0 saturated heterocycles. The van der Waals surface area contributed by atoms with Gasteiger partial charge in [-0.15, -0.1) is 0 Å². The van der Waals surface area contributed by atoms with Gasteiger partial charge in [-0.25, -0.2) is 4.79 Å². The second kappa shape index (κ2) is 8.35. The van der Waals surface area contributed by atoms with Crippen molar-refractivity contribution >= 4 is 17.8 Å². The third-order valence-corrected chi connectivity index (χ3v) is 4.34. The molecule has 27 heavy (non-hydrogen) atoms. The SMILES string of the molecule is CCN(C(=O)c1ccc(-c2ccc(C(=O)OC)cc2O)cc1)C(C)C(N)=O. The standard InChI is InChI=1S/C20H22N2O5/c1-4-22(12(2)18(21)24)19(25)14-7-5-13(6-8-14)16-10-9-15(11-17(16)23)20(26)27-3/h5-12,23H,4H2,1-3H3,(H2,21,24). The fraction of sp³-hybridized carbons (Fsp3) is 0.250. The highest BCUT2D eigenvalue weighted by Crippen LogP contribution is 2.30. The summed E-state index contributed by atoms with van der Waals surface area (Å²) in [4.78, 5) is 36.9. The van der Waals surface area contributed by atoms with E-state index in [0.717, 1.165) is 0 Å². The van der Waals surface area contributed by atoms with Crippen LogP contribution in [0.5, 0.6) is 5.75 Å². The highest BCUT2D eigenvalue weighted by molar-refractivity contribution is 5.97. The van der Waals surface area contributed by atoms with Crippen LogP contribution < -0.4 is 5.73 Å². The summed E-state index contributed by atoms with van der Waals surface area (Å²) in [5.41, 5.74) is 7.12. The normalized spacial score (nSPS) is 11.5. The molecule has 2 rings (SSSR count). The third kappa shape index (κ3) is 4.25. The van der Waals surface area contributed by atoms with E-state index in [1.807, 2.05) is 0 Å². The van der Waals surface area contributed by atoms with Gasteiger partial charge in [0.15, 0.2) is 0 Å². The van der Waals surface area contributed by atoms with Crippen molar-refractivity contribution in [2.75, 3.05) is 13.7 Å². The molecule has 0 aliphatic heterocycles. The highest BCUT2D eigenvalue weighted by Gasteiger charge is 2.23. The molecule has 0 radical (unpaired) electrons. The maximum atomic E-state index is 12.6. The zero-order valence-electron chi connectivity index (χ0n) is 15.4. The van der Waals surface area contributed by atoms with Crippen molar-refractivity contribution in [2.45, 2.75) is 19.9 Å². The Bertz CT molecular complexity index is 861. The molecule has 0 bridgehead atoms. The van der Waals surface area contributed by atoms with E-state index in [1.165, 1.54) is 18.1 Å². The van der Waals surface area contributed by atoms with Crippen LogP contribution in [0.1, 0.15) is 34.6 Å². The molecule has 0 fully saturated rings. The first-order chi connectivity index (χ1) is 12.8. The number of phenolic OH excluding ortho intramolecular Hbond substituents is 1. The van der Waals surface area contributed by atoms with Crippen LogP contribution in [0.2, 0.25) is 0 Å². The van der Waals surface area contributed by atoms with Crippen molar-refractivity contribution in [3.63, 3.8) is 0 Å². The number of phenols is 1. The summed E-state index contributed by atoms with van der Waals surface area (Å²) in [6, 6.07) is 10.4. The summed E-state index contributed by atoms with van der Waals surface area (Å²) in [5.74, 6) is -1.49. The summed E-state index contributed by atoms with van der Waals surface area (Å²) in [7, 11) is 1.27. The van der Waals surface area contributed by atoms with Gasteiger partial charge in [-0.05, 0) is 49.7 Å². The first-order valence-electron chi connectivity index (χ1n) is 8.42. The minimum atomic E-state index is -0.711. The zero-order chi connectivity index (χ0) is 20.1. The number of nitrogens with zero attached hydrogens (tertiary/aromatic N) is 1. The van der Waals surface area contributed by atoms with E-state index in [-0.39, 0.29) is 17.2 Å². The Labute approximate surface area is 157 Å². The molecule has 1 unspecified atom stereocenters. The first kappa shape index (κ1) is 20.0. The average Bonchev–Trinajstić information content (AvgIpc) is 2.67. The largest absolute Gasteiger partial charge is 0.507 e. The Morgan fingerprint density at radius 2 is 1.70 bits per heavy atom. The van der Waals surface area contributed by atoms with Crippen molar-refractivity contribution in [2.24, 2.45) is 5.73 Å². The minimum Gasteiger partial charge on any atom is -0.507 e. The van der Waals surface area contributed by atoms with E-state index in [0.29, 0.717) is 23.2 Å². The smallest absolute Gasteiger partial charge is 0.337 e. The molecule has 0 spiro atoms. The van der Waals surface area contributed by atoms with Crippen molar-refractivity contribution in [1.82, 2.24) is 4.90 Å². The molecule has 3 N–H and O–H groups in total. The number of primary amides is 1. The van der Waals surface area contributed by atoms with E-state index in [9.17, 15) is 19.5 Å². The van der Waals surface area contributed by atoms with Gasteiger partial charge in [-0.2, -0.15) is 0 Å². The molecule has 0 aliphatic carbocycles. The van der Waals surface area contributed by atoms with Crippen molar-refractivity contribution < 1.29 is 24.2 Å². The number of hydrogen-bond acceptors (Lipinski definition) is 5. The Hall–Kier alpha value is -3.35. The summed E-state index contributed by atoms with van der Waals surface area (Å²) in [6.07, 6.45) is 0. The molecular weight excluding hydrogens is 348 g/mol. The van der Waals surface area contributed by atoms with E-state index in [4.69, 9.17) is 5.73 Å². The number of aromatic hydroxyl groups is 1. The summed E-state index contributed by atoms with van der Waals surface area (Å²) >= 11 is 0. The van der Waals surface area contributed by atoms with Crippen molar-refractivity contribution in [3.05, 3.63) is 53.6 Å². The second-order valence-electron chi connectivity index (χ2n) is 5.97. The fourth-order valence-corrected chi connectivity index (χ4v) is 2.73. The molecular formula is C20H22N2O5.